The fourth-order valence-electron chi connectivity index (χ4n) is 2.68. The number of anilines is 1. The minimum atomic E-state index is -0.937. The Morgan fingerprint density at radius 3 is 2.59 bits per heavy atom. The number of carbonyl (C=O) groups excluding carboxylic acids is 1. The summed E-state index contributed by atoms with van der Waals surface area (Å²) >= 11 is 3.16. The van der Waals surface area contributed by atoms with Crippen molar-refractivity contribution < 1.29 is 13.9 Å². The van der Waals surface area contributed by atoms with Crippen LogP contribution < -0.4 is 15.6 Å². The van der Waals surface area contributed by atoms with Crippen LogP contribution in [0.5, 0.6) is 5.75 Å². The van der Waals surface area contributed by atoms with Gasteiger partial charge in [-0.1, -0.05) is 15.9 Å². The van der Waals surface area contributed by atoms with Gasteiger partial charge in [0.05, 0.1) is 18.0 Å². The van der Waals surface area contributed by atoms with E-state index in [4.69, 9.17) is 4.74 Å². The molecule has 150 valence electrons. The number of rotatable bonds is 6. The van der Waals surface area contributed by atoms with Crippen LogP contribution in [0.3, 0.4) is 0 Å². The Balaban J connectivity index is 1.84. The van der Waals surface area contributed by atoms with E-state index in [2.05, 4.69) is 26.3 Å². The Morgan fingerprint density at radius 2 is 1.93 bits per heavy atom. The molecule has 1 amide bonds. The SMILES string of the molecule is CCOc1ccc(-c2ccc(=O)n(C(C)C(=O)Nc3ccc(Br)cc3F)n2)cc1. The summed E-state index contributed by atoms with van der Waals surface area (Å²) < 4.78 is 21.0. The first-order valence-electron chi connectivity index (χ1n) is 8.98. The number of halogens is 2. The lowest BCUT2D eigenvalue weighted by Crippen LogP contribution is -2.33. The van der Waals surface area contributed by atoms with E-state index in [0.717, 1.165) is 16.0 Å². The highest BCUT2D eigenvalue weighted by Crippen LogP contribution is 2.22. The Kier molecular flexibility index (Phi) is 6.43. The van der Waals surface area contributed by atoms with E-state index in [1.54, 1.807) is 12.1 Å². The summed E-state index contributed by atoms with van der Waals surface area (Å²) in [5, 5.41) is 6.81. The van der Waals surface area contributed by atoms with Crippen LogP contribution in [-0.4, -0.2) is 22.3 Å². The molecule has 3 aromatic rings. The van der Waals surface area contributed by atoms with Gasteiger partial charge in [0.2, 0.25) is 5.91 Å². The molecule has 8 heteroatoms. The lowest BCUT2D eigenvalue weighted by Gasteiger charge is -2.15. The molecule has 1 aromatic heterocycles. The van der Waals surface area contributed by atoms with Crippen LogP contribution in [-0.2, 0) is 4.79 Å². The molecule has 3 rings (SSSR count). The van der Waals surface area contributed by atoms with Gasteiger partial charge in [-0.25, -0.2) is 9.07 Å². The van der Waals surface area contributed by atoms with Gasteiger partial charge in [-0.05, 0) is 62.4 Å². The molecule has 6 nitrogen and oxygen atoms in total. The fraction of sp³-hybridized carbons (Fsp3) is 0.190. The number of nitrogens with one attached hydrogen (secondary N) is 1. The van der Waals surface area contributed by atoms with Crippen LogP contribution in [0.25, 0.3) is 11.3 Å². The number of benzene rings is 2. The Bertz CT molecular complexity index is 1080. The Hall–Kier alpha value is -3.00. The minimum Gasteiger partial charge on any atom is -0.494 e. The zero-order valence-corrected chi connectivity index (χ0v) is 17.4. The van der Waals surface area contributed by atoms with Crippen LogP contribution in [0.4, 0.5) is 10.1 Å². The second-order valence-corrected chi connectivity index (χ2v) is 7.16. The van der Waals surface area contributed by atoms with Crippen molar-refractivity contribution in [3.63, 3.8) is 0 Å². The third kappa shape index (κ3) is 4.89. The average Bonchev–Trinajstić information content (AvgIpc) is 2.71. The topological polar surface area (TPSA) is 73.2 Å². The zero-order chi connectivity index (χ0) is 21.0. The second-order valence-electron chi connectivity index (χ2n) is 6.25. The van der Waals surface area contributed by atoms with Gasteiger partial charge in [-0.15, -0.1) is 0 Å². The molecule has 0 aliphatic carbocycles. The largest absolute Gasteiger partial charge is 0.494 e. The van der Waals surface area contributed by atoms with Crippen LogP contribution in [0.1, 0.15) is 19.9 Å². The molecule has 1 unspecified atom stereocenters. The molecule has 1 N–H and O–H groups in total. The van der Waals surface area contributed by atoms with Gasteiger partial charge >= 0.3 is 0 Å². The maximum Gasteiger partial charge on any atom is 0.267 e. The Labute approximate surface area is 175 Å². The van der Waals surface area contributed by atoms with E-state index in [-0.39, 0.29) is 5.69 Å². The molecule has 0 saturated carbocycles. The van der Waals surface area contributed by atoms with E-state index in [9.17, 15) is 14.0 Å². The molecule has 0 aliphatic heterocycles. The Morgan fingerprint density at radius 1 is 1.21 bits per heavy atom. The minimum absolute atomic E-state index is 0.0285. The summed E-state index contributed by atoms with van der Waals surface area (Å²) in [5.74, 6) is -0.401. The molecule has 0 aliphatic rings. The van der Waals surface area contributed by atoms with E-state index in [1.807, 2.05) is 31.2 Å². The molecule has 0 saturated heterocycles. The number of aromatic nitrogens is 2. The molecule has 0 bridgehead atoms. The predicted molar refractivity (Wildman–Crippen MR) is 113 cm³/mol. The summed E-state index contributed by atoms with van der Waals surface area (Å²) in [6.07, 6.45) is 0. The molecular formula is C21H19BrFN3O3. The van der Waals surface area contributed by atoms with Crippen LogP contribution in [0.2, 0.25) is 0 Å². The molecule has 29 heavy (non-hydrogen) atoms. The molecule has 0 spiro atoms. The number of amides is 1. The molecule has 2 aromatic carbocycles. The van der Waals surface area contributed by atoms with E-state index in [1.165, 1.54) is 25.1 Å². The first kappa shape index (κ1) is 20.7. The maximum absolute atomic E-state index is 14.0. The highest BCUT2D eigenvalue weighted by atomic mass is 79.9. The third-order valence-electron chi connectivity index (χ3n) is 4.22. The van der Waals surface area contributed by atoms with Gasteiger partial charge in [0, 0.05) is 16.1 Å². The van der Waals surface area contributed by atoms with Gasteiger partial charge in [-0.2, -0.15) is 5.10 Å². The van der Waals surface area contributed by atoms with Gasteiger partial charge < -0.3 is 10.1 Å². The molecule has 1 atom stereocenters. The van der Waals surface area contributed by atoms with E-state index < -0.39 is 23.3 Å². The maximum atomic E-state index is 14.0. The smallest absolute Gasteiger partial charge is 0.267 e. The molecule has 1 heterocycles. The van der Waals surface area contributed by atoms with Crippen LogP contribution in [0, 0.1) is 5.82 Å². The van der Waals surface area contributed by atoms with Crippen molar-refractivity contribution in [1.82, 2.24) is 9.78 Å². The fourth-order valence-corrected chi connectivity index (χ4v) is 3.02. The van der Waals surface area contributed by atoms with Crippen molar-refractivity contribution in [2.24, 2.45) is 0 Å². The zero-order valence-electron chi connectivity index (χ0n) is 15.9. The molecule has 0 radical (unpaired) electrons. The number of carbonyl (C=O) groups is 1. The van der Waals surface area contributed by atoms with E-state index in [0.29, 0.717) is 16.8 Å². The highest BCUT2D eigenvalue weighted by molar-refractivity contribution is 9.10. The van der Waals surface area contributed by atoms with Crippen molar-refractivity contribution in [2.45, 2.75) is 19.9 Å². The van der Waals surface area contributed by atoms with Gasteiger partial charge in [0.1, 0.15) is 17.6 Å². The average molecular weight is 460 g/mol. The van der Waals surface area contributed by atoms with Gasteiger partial charge in [0.15, 0.2) is 0 Å². The quantitative estimate of drug-likeness (QED) is 0.592. The molecular weight excluding hydrogens is 441 g/mol. The summed E-state index contributed by atoms with van der Waals surface area (Å²) in [6, 6.07) is 13.6. The second kappa shape index (κ2) is 9.00. The summed E-state index contributed by atoms with van der Waals surface area (Å²) in [7, 11) is 0. The number of ether oxygens (including phenoxy) is 1. The van der Waals surface area contributed by atoms with Gasteiger partial charge in [-0.3, -0.25) is 9.59 Å². The monoisotopic (exact) mass is 459 g/mol. The van der Waals surface area contributed by atoms with Crippen molar-refractivity contribution in [3.05, 3.63) is 75.2 Å². The highest BCUT2D eigenvalue weighted by Gasteiger charge is 2.19. The summed E-state index contributed by atoms with van der Waals surface area (Å²) in [5.41, 5.74) is 0.898. The normalized spacial score (nSPS) is 11.7. The van der Waals surface area contributed by atoms with Crippen molar-refractivity contribution in [2.75, 3.05) is 11.9 Å². The van der Waals surface area contributed by atoms with Crippen molar-refractivity contribution in [1.29, 1.82) is 0 Å². The molecule has 0 fully saturated rings. The van der Waals surface area contributed by atoms with Crippen molar-refractivity contribution in [3.8, 4) is 17.0 Å². The first-order chi connectivity index (χ1) is 13.9. The summed E-state index contributed by atoms with van der Waals surface area (Å²) in [6.45, 7) is 3.99. The van der Waals surface area contributed by atoms with Gasteiger partial charge in [0.25, 0.3) is 5.56 Å². The lowest BCUT2D eigenvalue weighted by molar-refractivity contribution is -0.119. The standard InChI is InChI=1S/C21H19BrFN3O3/c1-3-29-16-7-4-14(5-8-16)18-10-11-20(27)26(25-18)13(2)21(28)24-19-9-6-15(22)12-17(19)23/h4-13H,3H2,1-2H3,(H,24,28). The summed E-state index contributed by atoms with van der Waals surface area (Å²) in [4.78, 5) is 24.8. The van der Waals surface area contributed by atoms with Crippen molar-refractivity contribution >= 4 is 27.5 Å². The number of hydrogen-bond acceptors (Lipinski definition) is 4. The third-order valence-corrected chi connectivity index (χ3v) is 4.71. The predicted octanol–water partition coefficient (Wildman–Crippen LogP) is 4.41. The van der Waals surface area contributed by atoms with E-state index >= 15 is 0 Å². The lowest BCUT2D eigenvalue weighted by atomic mass is 10.1. The number of hydrogen-bond donors (Lipinski definition) is 1. The van der Waals surface area contributed by atoms with Crippen LogP contribution in [0.15, 0.2) is 63.9 Å². The first-order valence-corrected chi connectivity index (χ1v) is 9.77. The number of nitrogens with zero attached hydrogens (tertiary/aromatic N) is 2. The van der Waals surface area contributed by atoms with Crippen LogP contribution >= 0.6 is 15.9 Å².